The standard InChI is InChI=1S/C25H33ClN2O4/c1-16-11-21(12-17(2)23(16)26)32-15-22(29)28(18(3)24(30)27-25(4,5)6)14-19-9-8-10-20(13-19)31-7/h8-13,18H,14-15H2,1-7H3,(H,27,30)/t18-/m1/s1. The van der Waals surface area contributed by atoms with Crippen molar-refractivity contribution < 1.29 is 19.1 Å². The quantitative estimate of drug-likeness (QED) is 0.621. The maximum absolute atomic E-state index is 13.2. The molecule has 32 heavy (non-hydrogen) atoms. The van der Waals surface area contributed by atoms with Gasteiger partial charge in [-0.25, -0.2) is 0 Å². The predicted molar refractivity (Wildman–Crippen MR) is 127 cm³/mol. The first kappa shape index (κ1) is 25.5. The number of carbonyl (C=O) groups excluding carboxylic acids is 2. The second-order valence-corrected chi connectivity index (χ2v) is 9.33. The van der Waals surface area contributed by atoms with Crippen molar-refractivity contribution >= 4 is 23.4 Å². The molecule has 0 radical (unpaired) electrons. The number of nitrogens with one attached hydrogen (secondary N) is 1. The first-order valence-electron chi connectivity index (χ1n) is 10.5. The Morgan fingerprint density at radius 1 is 1.09 bits per heavy atom. The van der Waals surface area contributed by atoms with Gasteiger partial charge in [-0.1, -0.05) is 23.7 Å². The molecule has 0 unspecified atom stereocenters. The third-order valence-electron chi connectivity index (χ3n) is 4.92. The predicted octanol–water partition coefficient (Wildman–Crippen LogP) is 4.68. The second-order valence-electron chi connectivity index (χ2n) is 8.95. The number of rotatable bonds is 8. The van der Waals surface area contributed by atoms with Crippen LogP contribution in [-0.4, -0.2) is 42.0 Å². The first-order valence-corrected chi connectivity index (χ1v) is 10.9. The van der Waals surface area contributed by atoms with Crippen LogP contribution in [0, 0.1) is 13.8 Å². The molecular weight excluding hydrogens is 428 g/mol. The van der Waals surface area contributed by atoms with Crippen molar-refractivity contribution in [1.29, 1.82) is 0 Å². The number of aryl methyl sites for hydroxylation is 2. The number of nitrogens with zero attached hydrogens (tertiary/aromatic N) is 1. The molecule has 174 valence electrons. The lowest BCUT2D eigenvalue weighted by atomic mass is 10.1. The highest BCUT2D eigenvalue weighted by molar-refractivity contribution is 6.32. The van der Waals surface area contributed by atoms with Gasteiger partial charge in [-0.3, -0.25) is 9.59 Å². The lowest BCUT2D eigenvalue weighted by molar-refractivity contribution is -0.142. The van der Waals surface area contributed by atoms with Crippen molar-refractivity contribution in [1.82, 2.24) is 10.2 Å². The molecule has 0 saturated heterocycles. The molecule has 0 fully saturated rings. The van der Waals surface area contributed by atoms with E-state index in [1.165, 1.54) is 4.90 Å². The van der Waals surface area contributed by atoms with Crippen molar-refractivity contribution in [2.75, 3.05) is 13.7 Å². The van der Waals surface area contributed by atoms with Gasteiger partial charge in [-0.2, -0.15) is 0 Å². The molecule has 0 aromatic heterocycles. The van der Waals surface area contributed by atoms with Crippen LogP contribution < -0.4 is 14.8 Å². The Morgan fingerprint density at radius 2 is 1.72 bits per heavy atom. The maximum atomic E-state index is 13.2. The molecule has 2 aromatic carbocycles. The van der Waals surface area contributed by atoms with Gasteiger partial charge in [0.05, 0.1) is 7.11 Å². The SMILES string of the molecule is COc1cccc(CN(C(=O)COc2cc(C)c(Cl)c(C)c2)[C@H](C)C(=O)NC(C)(C)C)c1. The van der Waals surface area contributed by atoms with Crippen molar-refractivity contribution in [2.45, 2.75) is 59.7 Å². The first-order chi connectivity index (χ1) is 14.9. The summed E-state index contributed by atoms with van der Waals surface area (Å²) in [5.41, 5.74) is 2.19. The van der Waals surface area contributed by atoms with E-state index in [4.69, 9.17) is 21.1 Å². The molecule has 0 saturated carbocycles. The average molecular weight is 461 g/mol. The van der Waals surface area contributed by atoms with E-state index in [1.54, 1.807) is 26.2 Å². The van der Waals surface area contributed by atoms with E-state index >= 15 is 0 Å². The van der Waals surface area contributed by atoms with Gasteiger partial charge >= 0.3 is 0 Å². The zero-order chi connectivity index (χ0) is 24.1. The van der Waals surface area contributed by atoms with Crippen LogP contribution in [0.4, 0.5) is 0 Å². The molecule has 0 bridgehead atoms. The van der Waals surface area contributed by atoms with Gasteiger partial charge in [0.1, 0.15) is 17.5 Å². The van der Waals surface area contributed by atoms with E-state index in [9.17, 15) is 9.59 Å². The number of carbonyl (C=O) groups is 2. The lowest BCUT2D eigenvalue weighted by Gasteiger charge is -2.31. The number of hydrogen-bond acceptors (Lipinski definition) is 4. The van der Waals surface area contributed by atoms with E-state index in [-0.39, 0.29) is 25.0 Å². The lowest BCUT2D eigenvalue weighted by Crippen LogP contribution is -2.53. The summed E-state index contributed by atoms with van der Waals surface area (Å²) in [4.78, 5) is 27.5. The van der Waals surface area contributed by atoms with Gasteiger partial charge in [0, 0.05) is 17.1 Å². The summed E-state index contributed by atoms with van der Waals surface area (Å²) in [5.74, 6) is 0.720. The van der Waals surface area contributed by atoms with Gasteiger partial charge in [0.25, 0.3) is 5.91 Å². The smallest absolute Gasteiger partial charge is 0.261 e. The van der Waals surface area contributed by atoms with Crippen molar-refractivity contribution in [3.8, 4) is 11.5 Å². The molecule has 1 atom stereocenters. The topological polar surface area (TPSA) is 67.9 Å². The molecule has 0 heterocycles. The summed E-state index contributed by atoms with van der Waals surface area (Å²) in [7, 11) is 1.59. The van der Waals surface area contributed by atoms with Crippen LogP contribution in [-0.2, 0) is 16.1 Å². The Labute approximate surface area is 195 Å². The molecule has 0 aliphatic rings. The maximum Gasteiger partial charge on any atom is 0.261 e. The number of ether oxygens (including phenoxy) is 2. The fourth-order valence-corrected chi connectivity index (χ4v) is 3.35. The zero-order valence-corrected chi connectivity index (χ0v) is 20.7. The van der Waals surface area contributed by atoms with Crippen LogP contribution in [0.15, 0.2) is 36.4 Å². The molecule has 7 heteroatoms. The van der Waals surface area contributed by atoms with E-state index in [2.05, 4.69) is 5.32 Å². The fourth-order valence-electron chi connectivity index (χ4n) is 3.24. The number of amides is 2. The van der Waals surface area contributed by atoms with Crippen LogP contribution in [0.25, 0.3) is 0 Å². The zero-order valence-electron chi connectivity index (χ0n) is 19.9. The third kappa shape index (κ3) is 7.16. The van der Waals surface area contributed by atoms with Gasteiger partial charge in [-0.05, 0) is 82.5 Å². The fraction of sp³-hybridized carbons (Fsp3) is 0.440. The van der Waals surface area contributed by atoms with E-state index in [0.717, 1.165) is 16.7 Å². The Morgan fingerprint density at radius 3 is 2.28 bits per heavy atom. The van der Waals surface area contributed by atoms with Gasteiger partial charge < -0.3 is 19.7 Å². The van der Waals surface area contributed by atoms with Gasteiger partial charge in [-0.15, -0.1) is 0 Å². The van der Waals surface area contributed by atoms with E-state index in [1.807, 2.05) is 58.9 Å². The number of halogens is 1. The van der Waals surface area contributed by atoms with Gasteiger partial charge in [0.15, 0.2) is 6.61 Å². The van der Waals surface area contributed by atoms with Crippen molar-refractivity contribution in [3.05, 3.63) is 58.1 Å². The molecule has 2 rings (SSSR count). The number of methoxy groups -OCH3 is 1. The Hall–Kier alpha value is -2.73. The van der Waals surface area contributed by atoms with Crippen LogP contribution >= 0.6 is 11.6 Å². The summed E-state index contributed by atoms with van der Waals surface area (Å²) >= 11 is 6.22. The minimum absolute atomic E-state index is 0.197. The van der Waals surface area contributed by atoms with Gasteiger partial charge in [0.2, 0.25) is 5.91 Å². The Balaban J connectivity index is 2.23. The summed E-state index contributed by atoms with van der Waals surface area (Å²) in [6, 6.07) is 10.3. The van der Waals surface area contributed by atoms with Crippen molar-refractivity contribution in [3.63, 3.8) is 0 Å². The highest BCUT2D eigenvalue weighted by Gasteiger charge is 2.28. The average Bonchev–Trinajstić information content (AvgIpc) is 2.72. The highest BCUT2D eigenvalue weighted by Crippen LogP contribution is 2.26. The minimum Gasteiger partial charge on any atom is -0.497 e. The number of benzene rings is 2. The molecular formula is C25H33ClN2O4. The molecule has 6 nitrogen and oxygen atoms in total. The normalized spacial score (nSPS) is 12.1. The van der Waals surface area contributed by atoms with Crippen LogP contribution in [0.1, 0.15) is 44.4 Å². The highest BCUT2D eigenvalue weighted by atomic mass is 35.5. The molecule has 0 spiro atoms. The van der Waals surface area contributed by atoms with E-state index < -0.39 is 11.6 Å². The van der Waals surface area contributed by atoms with E-state index in [0.29, 0.717) is 16.5 Å². The third-order valence-corrected chi connectivity index (χ3v) is 5.52. The van der Waals surface area contributed by atoms with Crippen LogP contribution in [0.2, 0.25) is 5.02 Å². The molecule has 0 aliphatic carbocycles. The minimum atomic E-state index is -0.690. The molecule has 2 aromatic rings. The number of hydrogen-bond donors (Lipinski definition) is 1. The monoisotopic (exact) mass is 460 g/mol. The summed E-state index contributed by atoms with van der Waals surface area (Å²) in [6.07, 6.45) is 0. The summed E-state index contributed by atoms with van der Waals surface area (Å²) < 4.78 is 11.1. The van der Waals surface area contributed by atoms with Crippen LogP contribution in [0.5, 0.6) is 11.5 Å². The summed E-state index contributed by atoms with van der Waals surface area (Å²) in [6.45, 7) is 11.3. The van der Waals surface area contributed by atoms with Crippen LogP contribution in [0.3, 0.4) is 0 Å². The molecule has 0 aliphatic heterocycles. The Kier molecular flexibility index (Phi) is 8.56. The molecule has 1 N–H and O–H groups in total. The second kappa shape index (κ2) is 10.7. The Bertz CT molecular complexity index is 946. The largest absolute Gasteiger partial charge is 0.497 e. The summed E-state index contributed by atoms with van der Waals surface area (Å²) in [5, 5.41) is 3.62. The van der Waals surface area contributed by atoms with Crippen molar-refractivity contribution in [2.24, 2.45) is 0 Å². The molecule has 2 amide bonds.